The van der Waals surface area contributed by atoms with Crippen LogP contribution in [0, 0.1) is 19.8 Å². The van der Waals surface area contributed by atoms with Gasteiger partial charge in [-0.05, 0) is 20.9 Å². The minimum atomic E-state index is -0.0434. The highest BCUT2D eigenvalue weighted by atomic mass is 16.3. The van der Waals surface area contributed by atoms with E-state index in [1.54, 1.807) is 7.05 Å². The second-order valence-corrected chi connectivity index (χ2v) is 5.31. The number of rotatable bonds is 7. The quantitative estimate of drug-likeness (QED) is 0.755. The number of nitrogens with zero attached hydrogens (tertiary/aromatic N) is 3. The van der Waals surface area contributed by atoms with Gasteiger partial charge in [0.1, 0.15) is 0 Å². The Morgan fingerprint density at radius 1 is 1.50 bits per heavy atom. The van der Waals surface area contributed by atoms with Gasteiger partial charge in [0.15, 0.2) is 0 Å². The lowest BCUT2D eigenvalue weighted by atomic mass is 10.1. The lowest BCUT2D eigenvalue weighted by Gasteiger charge is -2.20. The molecule has 1 aromatic rings. The molecule has 0 saturated heterocycles. The molecule has 0 radical (unpaired) electrons. The average molecular weight is 282 g/mol. The smallest absolute Gasteiger partial charge is 0.223 e. The predicted molar refractivity (Wildman–Crippen MR) is 78.4 cm³/mol. The molecule has 1 atom stereocenters. The molecule has 0 fully saturated rings. The maximum atomic E-state index is 11.5. The Morgan fingerprint density at radius 2 is 2.15 bits per heavy atom. The molecule has 1 amide bonds. The molecule has 0 aliphatic carbocycles. The summed E-state index contributed by atoms with van der Waals surface area (Å²) < 4.78 is 1.83. The summed E-state index contributed by atoms with van der Waals surface area (Å²) in [5, 5.41) is 16.1. The number of amides is 1. The molecule has 0 aromatic carbocycles. The number of nitrogens with one attached hydrogen (secondary N) is 1. The molecule has 0 spiro atoms. The molecule has 1 rings (SSSR count). The molecular weight excluding hydrogens is 256 g/mol. The maximum absolute atomic E-state index is 11.5. The Kier molecular flexibility index (Phi) is 6.16. The zero-order valence-electron chi connectivity index (χ0n) is 13.1. The largest absolute Gasteiger partial charge is 0.394 e. The number of hydrogen-bond acceptors (Lipinski definition) is 4. The second kappa shape index (κ2) is 7.40. The van der Waals surface area contributed by atoms with Crippen molar-refractivity contribution in [1.82, 2.24) is 20.0 Å². The first-order valence-corrected chi connectivity index (χ1v) is 6.94. The summed E-state index contributed by atoms with van der Waals surface area (Å²) in [4.78, 5) is 13.7. The van der Waals surface area contributed by atoms with E-state index in [9.17, 15) is 4.79 Å². The van der Waals surface area contributed by atoms with Gasteiger partial charge in [0.2, 0.25) is 5.91 Å². The number of carbonyl (C=O) groups excluding carboxylic acids is 1. The zero-order valence-corrected chi connectivity index (χ0v) is 13.1. The van der Waals surface area contributed by atoms with Crippen LogP contribution in [0.4, 0.5) is 0 Å². The van der Waals surface area contributed by atoms with Gasteiger partial charge in [-0.1, -0.05) is 6.92 Å². The molecule has 1 unspecified atom stereocenters. The van der Waals surface area contributed by atoms with Crippen molar-refractivity contribution >= 4 is 5.91 Å². The van der Waals surface area contributed by atoms with E-state index in [0.29, 0.717) is 13.1 Å². The lowest BCUT2D eigenvalue weighted by molar-refractivity contribution is -0.124. The molecule has 114 valence electrons. The third kappa shape index (κ3) is 4.05. The van der Waals surface area contributed by atoms with E-state index in [0.717, 1.165) is 17.9 Å². The third-order valence-corrected chi connectivity index (χ3v) is 3.55. The molecule has 0 aliphatic rings. The Labute approximate surface area is 120 Å². The normalized spacial score (nSPS) is 12.8. The minimum Gasteiger partial charge on any atom is -0.394 e. The average Bonchev–Trinajstić information content (AvgIpc) is 2.66. The molecule has 1 aromatic heterocycles. The fraction of sp³-hybridized carbons (Fsp3) is 0.714. The number of aliphatic hydroxyl groups is 1. The van der Waals surface area contributed by atoms with Gasteiger partial charge in [0, 0.05) is 37.3 Å². The van der Waals surface area contributed by atoms with Crippen LogP contribution in [0.2, 0.25) is 0 Å². The fourth-order valence-electron chi connectivity index (χ4n) is 2.41. The van der Waals surface area contributed by atoms with Gasteiger partial charge in [-0.25, -0.2) is 0 Å². The van der Waals surface area contributed by atoms with Crippen LogP contribution in [0.1, 0.15) is 23.9 Å². The van der Waals surface area contributed by atoms with Crippen molar-refractivity contribution in [3.63, 3.8) is 0 Å². The summed E-state index contributed by atoms with van der Waals surface area (Å²) in [7, 11) is 3.66. The highest BCUT2D eigenvalue weighted by molar-refractivity contribution is 5.78. The minimum absolute atomic E-state index is 0.0434. The van der Waals surface area contributed by atoms with E-state index in [1.165, 1.54) is 5.56 Å². The molecule has 0 saturated carbocycles. The van der Waals surface area contributed by atoms with Gasteiger partial charge < -0.3 is 15.3 Å². The van der Waals surface area contributed by atoms with Crippen molar-refractivity contribution < 1.29 is 9.90 Å². The summed E-state index contributed by atoms with van der Waals surface area (Å²) >= 11 is 0. The molecule has 0 bridgehead atoms. The first-order chi connectivity index (χ1) is 9.40. The van der Waals surface area contributed by atoms with E-state index >= 15 is 0 Å². The number of carbonyl (C=O) groups is 1. The SMILES string of the molecule is CNC(=O)C(C)CN(C)Cc1c(C)nn(CCO)c1C. The number of aryl methyl sites for hydroxylation is 1. The highest BCUT2D eigenvalue weighted by Gasteiger charge is 2.17. The third-order valence-electron chi connectivity index (χ3n) is 3.55. The van der Waals surface area contributed by atoms with Crippen LogP contribution >= 0.6 is 0 Å². The Balaban J connectivity index is 2.71. The molecule has 1 heterocycles. The predicted octanol–water partition coefficient (Wildman–Crippen LogP) is 0.306. The lowest BCUT2D eigenvalue weighted by Crippen LogP contribution is -2.34. The van der Waals surface area contributed by atoms with E-state index in [2.05, 4.69) is 15.3 Å². The van der Waals surface area contributed by atoms with Crippen molar-refractivity contribution in [3.8, 4) is 0 Å². The fourth-order valence-corrected chi connectivity index (χ4v) is 2.41. The van der Waals surface area contributed by atoms with Gasteiger partial charge in [-0.3, -0.25) is 9.48 Å². The Bertz CT molecular complexity index is 456. The van der Waals surface area contributed by atoms with Crippen LogP contribution < -0.4 is 5.32 Å². The molecule has 0 aliphatic heterocycles. The van der Waals surface area contributed by atoms with E-state index in [4.69, 9.17) is 5.11 Å². The van der Waals surface area contributed by atoms with Crippen LogP contribution in [0.3, 0.4) is 0 Å². The number of aliphatic hydroxyl groups excluding tert-OH is 1. The van der Waals surface area contributed by atoms with E-state index in [1.807, 2.05) is 32.5 Å². The maximum Gasteiger partial charge on any atom is 0.223 e. The molecule has 6 heteroatoms. The van der Waals surface area contributed by atoms with E-state index in [-0.39, 0.29) is 18.4 Å². The van der Waals surface area contributed by atoms with Gasteiger partial charge in [0.05, 0.1) is 18.8 Å². The molecule has 2 N–H and O–H groups in total. The number of hydrogen-bond donors (Lipinski definition) is 2. The van der Waals surface area contributed by atoms with Gasteiger partial charge in [-0.15, -0.1) is 0 Å². The van der Waals surface area contributed by atoms with E-state index < -0.39 is 0 Å². The Hall–Kier alpha value is -1.40. The summed E-state index contributed by atoms with van der Waals surface area (Å²) in [6.07, 6.45) is 0. The zero-order chi connectivity index (χ0) is 15.3. The Morgan fingerprint density at radius 3 is 2.70 bits per heavy atom. The van der Waals surface area contributed by atoms with Crippen LogP contribution in [-0.4, -0.2) is 52.9 Å². The van der Waals surface area contributed by atoms with Gasteiger partial charge in [-0.2, -0.15) is 5.10 Å². The topological polar surface area (TPSA) is 70.4 Å². The van der Waals surface area contributed by atoms with Gasteiger partial charge >= 0.3 is 0 Å². The first-order valence-electron chi connectivity index (χ1n) is 6.94. The monoisotopic (exact) mass is 282 g/mol. The summed E-state index contributed by atoms with van der Waals surface area (Å²) in [6, 6.07) is 0. The van der Waals surface area contributed by atoms with Crippen molar-refractivity contribution in [1.29, 1.82) is 0 Å². The summed E-state index contributed by atoms with van der Waals surface area (Å²) in [5.41, 5.74) is 3.23. The van der Waals surface area contributed by atoms with Crippen LogP contribution in [0.5, 0.6) is 0 Å². The number of aromatic nitrogens is 2. The van der Waals surface area contributed by atoms with Crippen molar-refractivity contribution in [2.75, 3.05) is 27.2 Å². The highest BCUT2D eigenvalue weighted by Crippen LogP contribution is 2.15. The van der Waals surface area contributed by atoms with Gasteiger partial charge in [0.25, 0.3) is 0 Å². The first kappa shape index (κ1) is 16.7. The molecule has 20 heavy (non-hydrogen) atoms. The van der Waals surface area contributed by atoms with Crippen molar-refractivity contribution in [3.05, 3.63) is 17.0 Å². The summed E-state index contributed by atoms with van der Waals surface area (Å²) in [5.74, 6) is 0.0133. The van der Waals surface area contributed by atoms with Crippen molar-refractivity contribution in [2.24, 2.45) is 5.92 Å². The molecular formula is C14H26N4O2. The van der Waals surface area contributed by atoms with Crippen molar-refractivity contribution in [2.45, 2.75) is 33.9 Å². The second-order valence-electron chi connectivity index (χ2n) is 5.31. The van der Waals surface area contributed by atoms with Crippen LogP contribution in [-0.2, 0) is 17.9 Å². The summed E-state index contributed by atoms with van der Waals surface area (Å²) in [6.45, 7) is 7.97. The standard InChI is InChI=1S/C14H26N4O2/c1-10(14(20)15-4)8-17(5)9-13-11(2)16-18(6-7-19)12(13)3/h10,19H,6-9H2,1-5H3,(H,15,20). The van der Waals surface area contributed by atoms with Crippen LogP contribution in [0.25, 0.3) is 0 Å². The molecule has 6 nitrogen and oxygen atoms in total. The van der Waals surface area contributed by atoms with Crippen LogP contribution in [0.15, 0.2) is 0 Å².